The van der Waals surface area contributed by atoms with Gasteiger partial charge in [-0.2, -0.15) is 0 Å². The summed E-state index contributed by atoms with van der Waals surface area (Å²) in [6.45, 7) is 0. The van der Waals surface area contributed by atoms with E-state index in [0.29, 0.717) is 0 Å². The number of halogens is 1. The molecule has 0 aliphatic carbocycles. The molecule has 88 valence electrons. The van der Waals surface area contributed by atoms with Crippen molar-refractivity contribution in [1.29, 1.82) is 0 Å². The van der Waals surface area contributed by atoms with Crippen molar-refractivity contribution in [2.24, 2.45) is 0 Å². The molecule has 1 aliphatic rings. The van der Waals surface area contributed by atoms with Gasteiger partial charge >= 0.3 is 0 Å². The van der Waals surface area contributed by atoms with Gasteiger partial charge in [0.1, 0.15) is 0 Å². The smallest absolute Gasteiger partial charge is 0.155 e. The summed E-state index contributed by atoms with van der Waals surface area (Å²) in [7, 11) is -3.10. The maximum atomic E-state index is 11.3. The summed E-state index contributed by atoms with van der Waals surface area (Å²) in [5.74, 6) is -0.167. The van der Waals surface area contributed by atoms with Crippen molar-refractivity contribution in [2.45, 2.75) is 12.1 Å². The van der Waals surface area contributed by atoms with E-state index in [4.69, 9.17) is 0 Å². The van der Waals surface area contributed by atoms with E-state index in [0.717, 1.165) is 10.2 Å². The molecule has 0 saturated carbocycles. The molecule has 1 fully saturated rings. The van der Waals surface area contributed by atoms with Crippen LogP contribution in [0.1, 0.15) is 0 Å². The fourth-order valence-electron chi connectivity index (χ4n) is 1.76. The summed E-state index contributed by atoms with van der Waals surface area (Å²) >= 11 is 3.33. The molecule has 2 unspecified atom stereocenters. The highest BCUT2D eigenvalue weighted by atomic mass is 79.9. The van der Waals surface area contributed by atoms with Gasteiger partial charge < -0.3 is 10.4 Å². The van der Waals surface area contributed by atoms with Crippen molar-refractivity contribution in [1.82, 2.24) is 0 Å². The van der Waals surface area contributed by atoms with Gasteiger partial charge in [-0.15, -0.1) is 0 Å². The summed E-state index contributed by atoms with van der Waals surface area (Å²) in [6, 6.07) is 6.99. The average Bonchev–Trinajstić information content (AvgIpc) is 2.39. The number of hydrogen-bond acceptors (Lipinski definition) is 4. The average molecular weight is 306 g/mol. The molecular weight excluding hydrogens is 294 g/mol. The number of sulfone groups is 1. The normalized spacial score (nSPS) is 27.9. The van der Waals surface area contributed by atoms with Crippen LogP contribution in [0.25, 0.3) is 0 Å². The number of benzene rings is 1. The first-order chi connectivity index (χ1) is 7.46. The monoisotopic (exact) mass is 305 g/mol. The van der Waals surface area contributed by atoms with Crippen molar-refractivity contribution >= 4 is 31.5 Å². The van der Waals surface area contributed by atoms with Crippen LogP contribution in [0.4, 0.5) is 5.69 Å². The second kappa shape index (κ2) is 4.35. The number of nitrogens with one attached hydrogen (secondary N) is 1. The van der Waals surface area contributed by atoms with Crippen LogP contribution in [-0.2, 0) is 9.84 Å². The number of aliphatic hydroxyl groups excluding tert-OH is 1. The van der Waals surface area contributed by atoms with Crippen LogP contribution in [-0.4, -0.2) is 37.2 Å². The van der Waals surface area contributed by atoms with E-state index < -0.39 is 22.0 Å². The molecule has 0 amide bonds. The lowest BCUT2D eigenvalue weighted by atomic mass is 10.2. The molecule has 2 atom stereocenters. The van der Waals surface area contributed by atoms with Crippen molar-refractivity contribution in [3.8, 4) is 0 Å². The molecule has 4 nitrogen and oxygen atoms in total. The molecule has 1 aromatic rings. The maximum Gasteiger partial charge on any atom is 0.155 e. The highest BCUT2D eigenvalue weighted by molar-refractivity contribution is 9.10. The molecule has 0 radical (unpaired) electrons. The number of rotatable bonds is 2. The van der Waals surface area contributed by atoms with Gasteiger partial charge in [0.2, 0.25) is 0 Å². The maximum absolute atomic E-state index is 11.3. The molecular formula is C10H12BrNO3S. The lowest BCUT2D eigenvalue weighted by Gasteiger charge is -2.16. The number of hydrogen-bond donors (Lipinski definition) is 2. The van der Waals surface area contributed by atoms with Crippen molar-refractivity contribution in [3.63, 3.8) is 0 Å². The van der Waals surface area contributed by atoms with E-state index in [1.54, 1.807) is 0 Å². The molecule has 0 aromatic heterocycles. The molecule has 16 heavy (non-hydrogen) atoms. The molecule has 6 heteroatoms. The highest BCUT2D eigenvalue weighted by Crippen LogP contribution is 2.20. The Morgan fingerprint density at radius 3 is 2.69 bits per heavy atom. The lowest BCUT2D eigenvalue weighted by Crippen LogP contribution is -2.31. The molecule has 1 saturated heterocycles. The second-order valence-corrected chi connectivity index (χ2v) is 6.97. The number of aliphatic hydroxyl groups is 1. The van der Waals surface area contributed by atoms with Crippen molar-refractivity contribution < 1.29 is 13.5 Å². The van der Waals surface area contributed by atoms with E-state index in [1.807, 2.05) is 24.3 Å². The first-order valence-corrected chi connectivity index (χ1v) is 7.48. The Bertz CT molecular complexity index is 489. The summed E-state index contributed by atoms with van der Waals surface area (Å²) in [5.41, 5.74) is 0.801. The summed E-state index contributed by atoms with van der Waals surface area (Å²) < 4.78 is 23.5. The third-order valence-corrected chi connectivity index (χ3v) is 4.71. The second-order valence-electron chi connectivity index (χ2n) is 3.91. The zero-order valence-corrected chi connectivity index (χ0v) is 10.8. The first kappa shape index (κ1) is 11.9. The Hall–Kier alpha value is -0.590. The minimum absolute atomic E-state index is 0.0132. The van der Waals surface area contributed by atoms with Gasteiger partial charge in [0, 0.05) is 10.2 Å². The molecule has 1 aliphatic heterocycles. The third-order valence-electron chi connectivity index (χ3n) is 2.50. The molecule has 2 rings (SSSR count). The molecule has 0 spiro atoms. The van der Waals surface area contributed by atoms with Gasteiger partial charge in [0.15, 0.2) is 9.84 Å². The van der Waals surface area contributed by atoms with E-state index in [1.165, 1.54) is 0 Å². The van der Waals surface area contributed by atoms with E-state index >= 15 is 0 Å². The Kier molecular flexibility index (Phi) is 3.23. The summed E-state index contributed by atoms with van der Waals surface area (Å²) in [4.78, 5) is 0. The van der Waals surface area contributed by atoms with Gasteiger partial charge in [-0.05, 0) is 18.2 Å². The first-order valence-electron chi connectivity index (χ1n) is 4.87. The van der Waals surface area contributed by atoms with Crippen LogP contribution in [0.3, 0.4) is 0 Å². The van der Waals surface area contributed by atoms with Gasteiger partial charge in [-0.3, -0.25) is 0 Å². The van der Waals surface area contributed by atoms with Crippen molar-refractivity contribution in [3.05, 3.63) is 28.7 Å². The topological polar surface area (TPSA) is 66.4 Å². The van der Waals surface area contributed by atoms with Gasteiger partial charge in [0.05, 0.1) is 23.7 Å². The Morgan fingerprint density at radius 2 is 2.12 bits per heavy atom. The third kappa shape index (κ3) is 2.75. The quantitative estimate of drug-likeness (QED) is 0.856. The minimum Gasteiger partial charge on any atom is -0.390 e. The largest absolute Gasteiger partial charge is 0.390 e. The molecule has 2 N–H and O–H groups in total. The fraction of sp³-hybridized carbons (Fsp3) is 0.400. The van der Waals surface area contributed by atoms with Crippen LogP contribution >= 0.6 is 15.9 Å². The highest BCUT2D eigenvalue weighted by Gasteiger charge is 2.36. The van der Waals surface area contributed by atoms with Crippen LogP contribution in [0, 0.1) is 0 Å². The van der Waals surface area contributed by atoms with Crippen molar-refractivity contribution in [2.75, 3.05) is 16.8 Å². The van der Waals surface area contributed by atoms with Crippen LogP contribution < -0.4 is 5.32 Å². The predicted molar refractivity (Wildman–Crippen MR) is 66.2 cm³/mol. The van der Waals surface area contributed by atoms with Crippen LogP contribution in [0.5, 0.6) is 0 Å². The van der Waals surface area contributed by atoms with E-state index in [9.17, 15) is 13.5 Å². The molecule has 1 aromatic carbocycles. The summed E-state index contributed by atoms with van der Waals surface area (Å²) in [6.07, 6.45) is -0.830. The summed E-state index contributed by atoms with van der Waals surface area (Å²) in [5, 5.41) is 12.6. The zero-order chi connectivity index (χ0) is 11.8. The molecule has 1 heterocycles. The van der Waals surface area contributed by atoms with Crippen LogP contribution in [0.2, 0.25) is 0 Å². The Labute approximate surface area is 103 Å². The van der Waals surface area contributed by atoms with Crippen LogP contribution in [0.15, 0.2) is 28.7 Å². The lowest BCUT2D eigenvalue weighted by molar-refractivity contribution is 0.190. The van der Waals surface area contributed by atoms with Gasteiger partial charge in [-0.25, -0.2) is 8.42 Å². The Morgan fingerprint density at radius 1 is 1.38 bits per heavy atom. The fourth-order valence-corrected chi connectivity index (χ4v) is 3.90. The molecule has 0 bridgehead atoms. The SMILES string of the molecule is O=S1(=O)CC(O)C(Nc2cccc(Br)c2)C1. The standard InChI is InChI=1S/C10H12BrNO3S/c11-7-2-1-3-8(4-7)12-9-5-16(14,15)6-10(9)13/h1-4,9-10,12-13H,5-6H2. The minimum atomic E-state index is -3.10. The van der Waals surface area contributed by atoms with Gasteiger partial charge in [0.25, 0.3) is 0 Å². The number of anilines is 1. The predicted octanol–water partition coefficient (Wildman–Crippen LogP) is 1.02. The van der Waals surface area contributed by atoms with E-state index in [2.05, 4.69) is 21.2 Å². The van der Waals surface area contributed by atoms with Gasteiger partial charge in [-0.1, -0.05) is 22.0 Å². The zero-order valence-electron chi connectivity index (χ0n) is 8.43. The Balaban J connectivity index is 2.11. The van der Waals surface area contributed by atoms with E-state index in [-0.39, 0.29) is 11.5 Å².